The molecule has 2 aromatic carbocycles. The first kappa shape index (κ1) is 14.5. The molecule has 2 aromatic rings. The summed E-state index contributed by atoms with van der Waals surface area (Å²) in [5.41, 5.74) is 3.06. The topological polar surface area (TPSA) is 47.6 Å². The maximum atomic E-state index is 12.1. The van der Waals surface area contributed by atoms with E-state index in [4.69, 9.17) is 9.47 Å². The van der Waals surface area contributed by atoms with Gasteiger partial charge < -0.3 is 14.8 Å². The standard InChI is InChI=1S/C18H17NO3S/c1-23-12-4-2-11(3-5-12)13-9-18(20)19-15-10-17-16(8-14(13)15)21-6-7-22-17/h2-5,8,10,13H,6-7,9H2,1H3,(H,19,20). The van der Waals surface area contributed by atoms with Crippen molar-refractivity contribution in [2.45, 2.75) is 17.2 Å². The smallest absolute Gasteiger partial charge is 0.225 e. The predicted octanol–water partition coefficient (Wildman–Crippen LogP) is 3.65. The van der Waals surface area contributed by atoms with Crippen LogP contribution in [-0.2, 0) is 4.79 Å². The molecule has 1 N–H and O–H groups in total. The minimum absolute atomic E-state index is 0.0353. The second kappa shape index (κ2) is 5.81. The number of anilines is 1. The lowest BCUT2D eigenvalue weighted by molar-refractivity contribution is -0.116. The predicted molar refractivity (Wildman–Crippen MR) is 90.7 cm³/mol. The molecule has 0 aliphatic carbocycles. The molecule has 0 aromatic heterocycles. The van der Waals surface area contributed by atoms with Crippen LogP contribution in [0.25, 0.3) is 0 Å². The Morgan fingerprint density at radius 1 is 1.09 bits per heavy atom. The van der Waals surface area contributed by atoms with E-state index in [0.29, 0.717) is 25.4 Å². The van der Waals surface area contributed by atoms with E-state index in [0.717, 1.165) is 22.6 Å². The van der Waals surface area contributed by atoms with Gasteiger partial charge in [0.05, 0.1) is 0 Å². The lowest BCUT2D eigenvalue weighted by Crippen LogP contribution is -2.24. The third-order valence-corrected chi connectivity index (χ3v) is 5.02. The summed E-state index contributed by atoms with van der Waals surface area (Å²) < 4.78 is 11.3. The van der Waals surface area contributed by atoms with Gasteiger partial charge in [-0.2, -0.15) is 0 Å². The molecule has 2 aliphatic rings. The van der Waals surface area contributed by atoms with Crippen LogP contribution in [0.4, 0.5) is 5.69 Å². The summed E-state index contributed by atoms with van der Waals surface area (Å²) >= 11 is 1.71. The van der Waals surface area contributed by atoms with Crippen molar-refractivity contribution in [3.8, 4) is 11.5 Å². The van der Waals surface area contributed by atoms with E-state index >= 15 is 0 Å². The Morgan fingerprint density at radius 2 is 1.78 bits per heavy atom. The van der Waals surface area contributed by atoms with Crippen molar-refractivity contribution in [2.24, 2.45) is 0 Å². The quantitative estimate of drug-likeness (QED) is 0.855. The third kappa shape index (κ3) is 2.65. The van der Waals surface area contributed by atoms with Crippen molar-refractivity contribution in [1.29, 1.82) is 0 Å². The molecule has 0 saturated heterocycles. The van der Waals surface area contributed by atoms with E-state index in [1.165, 1.54) is 4.90 Å². The number of rotatable bonds is 2. The molecular weight excluding hydrogens is 310 g/mol. The number of hydrogen-bond donors (Lipinski definition) is 1. The van der Waals surface area contributed by atoms with Gasteiger partial charge in [0.15, 0.2) is 11.5 Å². The summed E-state index contributed by atoms with van der Waals surface area (Å²) in [6, 6.07) is 12.3. The fourth-order valence-corrected chi connectivity index (χ4v) is 3.54. The molecule has 4 rings (SSSR count). The van der Waals surface area contributed by atoms with Crippen molar-refractivity contribution in [2.75, 3.05) is 24.8 Å². The highest BCUT2D eigenvalue weighted by molar-refractivity contribution is 7.98. The Kier molecular flexibility index (Phi) is 3.65. The van der Waals surface area contributed by atoms with Gasteiger partial charge in [-0.1, -0.05) is 12.1 Å². The maximum absolute atomic E-state index is 12.1. The first-order valence-electron chi connectivity index (χ1n) is 7.62. The highest BCUT2D eigenvalue weighted by atomic mass is 32.2. The Bertz CT molecular complexity index is 758. The summed E-state index contributed by atoms with van der Waals surface area (Å²) in [5, 5.41) is 2.95. The van der Waals surface area contributed by atoms with Crippen LogP contribution in [0.3, 0.4) is 0 Å². The van der Waals surface area contributed by atoms with E-state index < -0.39 is 0 Å². The number of fused-ring (bicyclic) bond motifs is 2. The van der Waals surface area contributed by atoms with Crippen LogP contribution in [0, 0.1) is 0 Å². The Hall–Kier alpha value is -2.14. The van der Waals surface area contributed by atoms with Crippen LogP contribution < -0.4 is 14.8 Å². The molecule has 1 atom stereocenters. The highest BCUT2D eigenvalue weighted by Crippen LogP contribution is 2.44. The van der Waals surface area contributed by atoms with E-state index in [9.17, 15) is 4.79 Å². The largest absolute Gasteiger partial charge is 0.486 e. The number of hydrogen-bond acceptors (Lipinski definition) is 4. The summed E-state index contributed by atoms with van der Waals surface area (Å²) in [6.07, 6.45) is 2.51. The molecule has 2 heterocycles. The number of thioether (sulfide) groups is 1. The summed E-state index contributed by atoms with van der Waals surface area (Å²) in [4.78, 5) is 13.3. The molecule has 0 fully saturated rings. The van der Waals surface area contributed by atoms with Crippen LogP contribution in [-0.4, -0.2) is 25.4 Å². The van der Waals surface area contributed by atoms with E-state index in [2.05, 4.69) is 35.8 Å². The first-order chi connectivity index (χ1) is 11.2. The molecule has 0 radical (unpaired) electrons. The average Bonchev–Trinajstić information content (AvgIpc) is 2.59. The van der Waals surface area contributed by atoms with Crippen molar-refractivity contribution >= 4 is 23.4 Å². The molecule has 118 valence electrons. The van der Waals surface area contributed by atoms with Crippen LogP contribution in [0.1, 0.15) is 23.5 Å². The van der Waals surface area contributed by atoms with Crippen LogP contribution in [0.15, 0.2) is 41.3 Å². The van der Waals surface area contributed by atoms with Gasteiger partial charge in [-0.05, 0) is 35.6 Å². The zero-order valence-electron chi connectivity index (χ0n) is 12.8. The normalized spacial score (nSPS) is 19.0. The zero-order valence-corrected chi connectivity index (χ0v) is 13.6. The molecule has 23 heavy (non-hydrogen) atoms. The third-order valence-electron chi connectivity index (χ3n) is 4.27. The number of nitrogens with one attached hydrogen (secondary N) is 1. The molecule has 2 aliphatic heterocycles. The average molecular weight is 327 g/mol. The highest BCUT2D eigenvalue weighted by Gasteiger charge is 2.29. The number of amides is 1. The van der Waals surface area contributed by atoms with E-state index in [1.807, 2.05) is 12.1 Å². The Labute approximate surface area is 139 Å². The van der Waals surface area contributed by atoms with E-state index in [-0.39, 0.29) is 11.8 Å². The minimum Gasteiger partial charge on any atom is -0.486 e. The lowest BCUT2D eigenvalue weighted by atomic mass is 9.84. The van der Waals surface area contributed by atoms with Gasteiger partial charge in [0.1, 0.15) is 13.2 Å². The van der Waals surface area contributed by atoms with Gasteiger partial charge in [-0.15, -0.1) is 11.8 Å². The molecule has 0 spiro atoms. The van der Waals surface area contributed by atoms with Crippen LogP contribution >= 0.6 is 11.8 Å². The van der Waals surface area contributed by atoms with Crippen LogP contribution in [0.5, 0.6) is 11.5 Å². The second-order valence-corrected chi connectivity index (χ2v) is 6.54. The summed E-state index contributed by atoms with van der Waals surface area (Å²) in [5.74, 6) is 1.55. The molecule has 0 bridgehead atoms. The van der Waals surface area contributed by atoms with Crippen molar-refractivity contribution in [3.05, 3.63) is 47.5 Å². The molecule has 1 unspecified atom stereocenters. The molecule has 4 nitrogen and oxygen atoms in total. The molecule has 1 amide bonds. The molecule has 0 saturated carbocycles. The second-order valence-electron chi connectivity index (χ2n) is 5.66. The van der Waals surface area contributed by atoms with Gasteiger partial charge in [-0.25, -0.2) is 0 Å². The van der Waals surface area contributed by atoms with Gasteiger partial charge >= 0.3 is 0 Å². The van der Waals surface area contributed by atoms with Gasteiger partial charge in [0.25, 0.3) is 0 Å². The summed E-state index contributed by atoms with van der Waals surface area (Å²) in [6.45, 7) is 1.10. The van der Waals surface area contributed by atoms with Crippen molar-refractivity contribution in [1.82, 2.24) is 0 Å². The number of carbonyl (C=O) groups is 1. The minimum atomic E-state index is 0.0353. The fraction of sp³-hybridized carbons (Fsp3) is 0.278. The molecular formula is C18H17NO3S. The molecule has 5 heteroatoms. The van der Waals surface area contributed by atoms with Crippen molar-refractivity contribution in [3.63, 3.8) is 0 Å². The maximum Gasteiger partial charge on any atom is 0.225 e. The monoisotopic (exact) mass is 327 g/mol. The first-order valence-corrected chi connectivity index (χ1v) is 8.84. The zero-order chi connectivity index (χ0) is 15.8. The Morgan fingerprint density at radius 3 is 2.48 bits per heavy atom. The Balaban J connectivity index is 1.78. The number of ether oxygens (including phenoxy) is 2. The van der Waals surface area contributed by atoms with E-state index in [1.54, 1.807) is 11.8 Å². The number of carbonyl (C=O) groups excluding carboxylic acids is 1. The van der Waals surface area contributed by atoms with Gasteiger partial charge in [0, 0.05) is 29.0 Å². The lowest BCUT2D eigenvalue weighted by Gasteiger charge is -2.29. The fourth-order valence-electron chi connectivity index (χ4n) is 3.13. The van der Waals surface area contributed by atoms with Gasteiger partial charge in [0.2, 0.25) is 5.91 Å². The number of benzene rings is 2. The van der Waals surface area contributed by atoms with Crippen LogP contribution in [0.2, 0.25) is 0 Å². The SMILES string of the molecule is CSc1ccc(C2CC(=O)Nc3cc4c(cc32)OCCO4)cc1. The van der Waals surface area contributed by atoms with Gasteiger partial charge in [-0.3, -0.25) is 4.79 Å². The summed E-state index contributed by atoms with van der Waals surface area (Å²) in [7, 11) is 0. The van der Waals surface area contributed by atoms with Crippen molar-refractivity contribution < 1.29 is 14.3 Å².